The first kappa shape index (κ1) is 18.5. The Hall–Kier alpha value is -3.32. The maximum atomic E-state index is 12.3. The van der Waals surface area contributed by atoms with E-state index in [1.807, 2.05) is 0 Å². The Labute approximate surface area is 161 Å². The van der Waals surface area contributed by atoms with Crippen molar-refractivity contribution in [2.75, 3.05) is 24.9 Å². The lowest BCUT2D eigenvalue weighted by Crippen LogP contribution is -2.14. The number of aromatic nitrogens is 2. The van der Waals surface area contributed by atoms with Gasteiger partial charge in [-0.15, -0.1) is 10.2 Å². The van der Waals surface area contributed by atoms with Crippen LogP contribution in [0, 0.1) is 0 Å². The molecule has 7 nitrogen and oxygen atoms in total. The van der Waals surface area contributed by atoms with Gasteiger partial charge in [-0.25, -0.2) is 0 Å². The molecule has 1 amide bonds. The summed E-state index contributed by atoms with van der Waals surface area (Å²) in [5, 5.41) is 14.2. The Morgan fingerprint density at radius 1 is 0.963 bits per heavy atom. The first-order valence-electron chi connectivity index (χ1n) is 7.99. The van der Waals surface area contributed by atoms with Crippen molar-refractivity contribution in [3.05, 3.63) is 65.3 Å². The molecule has 0 saturated heterocycles. The van der Waals surface area contributed by atoms with E-state index in [0.29, 0.717) is 33.7 Å². The molecular weight excluding hydrogens is 368 g/mol. The van der Waals surface area contributed by atoms with Crippen molar-refractivity contribution in [3.63, 3.8) is 0 Å². The molecule has 2 N–H and O–H groups in total. The minimum Gasteiger partial charge on any atom is -0.497 e. The van der Waals surface area contributed by atoms with E-state index in [1.165, 1.54) is 0 Å². The average Bonchev–Trinajstić information content (AvgIpc) is 2.70. The highest BCUT2D eigenvalue weighted by Crippen LogP contribution is 2.30. The lowest BCUT2D eigenvalue weighted by atomic mass is 10.2. The van der Waals surface area contributed by atoms with Crippen LogP contribution in [0.25, 0.3) is 0 Å². The second-order valence-electron chi connectivity index (χ2n) is 5.43. The summed E-state index contributed by atoms with van der Waals surface area (Å²) in [7, 11) is 3.15. The number of hydrogen-bond donors (Lipinski definition) is 2. The van der Waals surface area contributed by atoms with Gasteiger partial charge in [0, 0.05) is 6.07 Å². The predicted octanol–water partition coefficient (Wildman–Crippen LogP) is 4.14. The van der Waals surface area contributed by atoms with Crippen LogP contribution in [0.2, 0.25) is 5.02 Å². The molecule has 0 atom stereocenters. The summed E-state index contributed by atoms with van der Waals surface area (Å²) in [4.78, 5) is 12.3. The van der Waals surface area contributed by atoms with E-state index in [4.69, 9.17) is 21.1 Å². The minimum absolute atomic E-state index is 0.165. The molecule has 0 aliphatic rings. The van der Waals surface area contributed by atoms with Crippen molar-refractivity contribution in [2.45, 2.75) is 0 Å². The molecule has 2 aromatic carbocycles. The van der Waals surface area contributed by atoms with Gasteiger partial charge in [0.1, 0.15) is 11.5 Å². The van der Waals surface area contributed by atoms with Gasteiger partial charge in [0.2, 0.25) is 0 Å². The maximum Gasteiger partial charge on any atom is 0.276 e. The van der Waals surface area contributed by atoms with Crippen LogP contribution < -0.4 is 20.1 Å². The molecule has 138 valence electrons. The number of anilines is 3. The van der Waals surface area contributed by atoms with Crippen LogP contribution in [0.1, 0.15) is 10.5 Å². The van der Waals surface area contributed by atoms with Crippen molar-refractivity contribution in [1.82, 2.24) is 10.2 Å². The Bertz CT molecular complexity index is 948. The first-order valence-corrected chi connectivity index (χ1v) is 8.37. The van der Waals surface area contributed by atoms with Crippen LogP contribution in [-0.2, 0) is 0 Å². The number of nitrogens with one attached hydrogen (secondary N) is 2. The highest BCUT2D eigenvalue weighted by atomic mass is 35.5. The van der Waals surface area contributed by atoms with Crippen molar-refractivity contribution >= 4 is 34.7 Å². The van der Waals surface area contributed by atoms with E-state index in [1.54, 1.807) is 68.8 Å². The van der Waals surface area contributed by atoms with Gasteiger partial charge in [0.25, 0.3) is 5.91 Å². The van der Waals surface area contributed by atoms with E-state index in [9.17, 15) is 4.79 Å². The topological polar surface area (TPSA) is 85.4 Å². The fourth-order valence-electron chi connectivity index (χ4n) is 2.32. The van der Waals surface area contributed by atoms with Crippen LogP contribution in [0.3, 0.4) is 0 Å². The first-order chi connectivity index (χ1) is 13.1. The minimum atomic E-state index is -0.402. The van der Waals surface area contributed by atoms with Crippen LogP contribution in [0.5, 0.6) is 11.5 Å². The Balaban J connectivity index is 1.74. The van der Waals surface area contributed by atoms with Crippen LogP contribution >= 0.6 is 11.6 Å². The highest BCUT2D eigenvalue weighted by molar-refractivity contribution is 6.33. The van der Waals surface area contributed by atoms with Gasteiger partial charge in [0.15, 0.2) is 11.5 Å². The summed E-state index contributed by atoms with van der Waals surface area (Å²) in [6, 6.07) is 15.5. The molecule has 1 heterocycles. The van der Waals surface area contributed by atoms with Gasteiger partial charge in [-0.05, 0) is 36.4 Å². The maximum absolute atomic E-state index is 12.3. The Morgan fingerprint density at radius 3 is 2.44 bits per heavy atom. The SMILES string of the molecule is COc1ccc(OC)c(Nc2ccc(C(=O)Nc3ccccc3Cl)nn2)c1. The third kappa shape index (κ3) is 4.45. The number of amides is 1. The molecule has 1 aromatic heterocycles. The van der Waals surface area contributed by atoms with Gasteiger partial charge >= 0.3 is 0 Å². The zero-order chi connectivity index (χ0) is 19.2. The van der Waals surface area contributed by atoms with Gasteiger partial charge in [0.05, 0.1) is 30.6 Å². The standard InChI is InChI=1S/C19H17ClN4O3/c1-26-12-7-9-17(27-2)16(11-12)21-18-10-8-15(23-24-18)19(25)22-14-6-4-3-5-13(14)20/h3-11H,1-2H3,(H,21,24)(H,22,25). The molecule has 0 unspecified atom stereocenters. The number of carbonyl (C=O) groups is 1. The van der Waals surface area contributed by atoms with E-state index in [-0.39, 0.29) is 5.69 Å². The smallest absolute Gasteiger partial charge is 0.276 e. The lowest BCUT2D eigenvalue weighted by molar-refractivity contribution is 0.102. The third-order valence-electron chi connectivity index (χ3n) is 3.69. The Kier molecular flexibility index (Phi) is 5.73. The number of benzene rings is 2. The van der Waals surface area contributed by atoms with Crippen molar-refractivity contribution in [3.8, 4) is 11.5 Å². The fraction of sp³-hybridized carbons (Fsp3) is 0.105. The molecule has 0 spiro atoms. The van der Waals surface area contributed by atoms with E-state index < -0.39 is 5.91 Å². The molecule has 0 radical (unpaired) electrons. The monoisotopic (exact) mass is 384 g/mol. The number of halogens is 1. The van der Waals surface area contributed by atoms with Gasteiger partial charge < -0.3 is 20.1 Å². The number of nitrogens with zero attached hydrogens (tertiary/aromatic N) is 2. The largest absolute Gasteiger partial charge is 0.497 e. The second-order valence-corrected chi connectivity index (χ2v) is 5.84. The van der Waals surface area contributed by atoms with Crippen LogP contribution in [0.15, 0.2) is 54.6 Å². The molecule has 0 aliphatic heterocycles. The van der Waals surface area contributed by atoms with Crippen LogP contribution in [0.4, 0.5) is 17.2 Å². The zero-order valence-electron chi connectivity index (χ0n) is 14.7. The lowest BCUT2D eigenvalue weighted by Gasteiger charge is -2.12. The van der Waals surface area contributed by atoms with E-state index >= 15 is 0 Å². The molecule has 0 bridgehead atoms. The third-order valence-corrected chi connectivity index (χ3v) is 4.02. The number of methoxy groups -OCH3 is 2. The summed E-state index contributed by atoms with van der Waals surface area (Å²) in [6.45, 7) is 0. The van der Waals surface area contributed by atoms with Crippen LogP contribution in [-0.4, -0.2) is 30.3 Å². The number of rotatable bonds is 6. The van der Waals surface area contributed by atoms with Crippen molar-refractivity contribution < 1.29 is 14.3 Å². The molecule has 27 heavy (non-hydrogen) atoms. The summed E-state index contributed by atoms with van der Waals surface area (Å²) >= 11 is 6.04. The number of para-hydroxylation sites is 1. The number of carbonyl (C=O) groups excluding carboxylic acids is 1. The molecule has 0 saturated carbocycles. The summed E-state index contributed by atoms with van der Waals surface area (Å²) < 4.78 is 10.5. The fourth-order valence-corrected chi connectivity index (χ4v) is 2.50. The summed E-state index contributed by atoms with van der Waals surface area (Å²) in [5.41, 5.74) is 1.34. The van der Waals surface area contributed by atoms with E-state index in [0.717, 1.165) is 0 Å². The predicted molar refractivity (Wildman–Crippen MR) is 104 cm³/mol. The summed E-state index contributed by atoms with van der Waals surface area (Å²) in [6.07, 6.45) is 0. The Morgan fingerprint density at radius 2 is 1.78 bits per heavy atom. The molecule has 0 fully saturated rings. The van der Waals surface area contributed by atoms with Crippen molar-refractivity contribution in [1.29, 1.82) is 0 Å². The number of hydrogen-bond acceptors (Lipinski definition) is 6. The molecule has 0 aliphatic carbocycles. The normalized spacial score (nSPS) is 10.2. The molecule has 3 rings (SSSR count). The molecule has 8 heteroatoms. The van der Waals surface area contributed by atoms with Gasteiger partial charge in [-0.3, -0.25) is 4.79 Å². The second kappa shape index (κ2) is 8.37. The van der Waals surface area contributed by atoms with Gasteiger partial charge in [-0.2, -0.15) is 0 Å². The summed E-state index contributed by atoms with van der Waals surface area (Å²) in [5.74, 6) is 1.34. The molecule has 3 aromatic rings. The number of ether oxygens (including phenoxy) is 2. The van der Waals surface area contributed by atoms with E-state index in [2.05, 4.69) is 20.8 Å². The highest BCUT2D eigenvalue weighted by Gasteiger charge is 2.11. The van der Waals surface area contributed by atoms with Gasteiger partial charge in [-0.1, -0.05) is 23.7 Å². The van der Waals surface area contributed by atoms with Crippen molar-refractivity contribution in [2.24, 2.45) is 0 Å². The molecular formula is C19H17ClN4O3. The quantitative estimate of drug-likeness (QED) is 0.664. The zero-order valence-corrected chi connectivity index (χ0v) is 15.4. The average molecular weight is 385 g/mol.